The van der Waals surface area contributed by atoms with Crippen LogP contribution in [0.4, 0.5) is 8.78 Å². The predicted octanol–water partition coefficient (Wildman–Crippen LogP) is 2.58. The van der Waals surface area contributed by atoms with Crippen LogP contribution in [-0.4, -0.2) is 23.2 Å². The van der Waals surface area contributed by atoms with Crippen molar-refractivity contribution in [2.75, 3.05) is 7.11 Å². The van der Waals surface area contributed by atoms with E-state index in [0.717, 1.165) is 18.5 Å². The highest BCUT2D eigenvalue weighted by Gasteiger charge is 2.15. The Morgan fingerprint density at radius 3 is 2.82 bits per heavy atom. The van der Waals surface area contributed by atoms with Crippen molar-refractivity contribution < 1.29 is 18.3 Å². The number of carbonyl (C=O) groups excluding carboxylic acids is 1. The van der Waals surface area contributed by atoms with E-state index in [4.69, 9.17) is 0 Å². The van der Waals surface area contributed by atoms with Crippen molar-refractivity contribution in [1.29, 1.82) is 0 Å². The summed E-state index contributed by atoms with van der Waals surface area (Å²) in [6.45, 7) is 1.88. The third-order valence-electron chi connectivity index (χ3n) is 3.17. The van der Waals surface area contributed by atoms with Crippen LogP contribution in [0.15, 0.2) is 18.2 Å². The Bertz CT molecular complexity index is 671. The molecule has 2 N–H and O–H groups in total. The van der Waals surface area contributed by atoms with Gasteiger partial charge in [0.2, 0.25) is 5.82 Å². The summed E-state index contributed by atoms with van der Waals surface area (Å²) in [5, 5.41) is 9.16. The fourth-order valence-corrected chi connectivity index (χ4v) is 2.01. The number of hydrogen-bond acceptors (Lipinski definition) is 3. The fraction of sp³-hybridized carbons (Fsp3) is 0.333. The van der Waals surface area contributed by atoms with Gasteiger partial charge in [0.25, 0.3) is 5.91 Å². The lowest BCUT2D eigenvalue weighted by Gasteiger charge is -2.08. The molecule has 0 saturated carbocycles. The van der Waals surface area contributed by atoms with Crippen molar-refractivity contribution in [3.8, 4) is 5.75 Å². The van der Waals surface area contributed by atoms with Gasteiger partial charge in [0.15, 0.2) is 11.6 Å². The minimum Gasteiger partial charge on any atom is -0.494 e. The summed E-state index contributed by atoms with van der Waals surface area (Å²) in [4.78, 5) is 11.9. The maximum absolute atomic E-state index is 13.8. The van der Waals surface area contributed by atoms with Crippen molar-refractivity contribution in [1.82, 2.24) is 15.5 Å². The van der Waals surface area contributed by atoms with E-state index in [1.807, 2.05) is 6.92 Å². The van der Waals surface area contributed by atoms with Crippen LogP contribution < -0.4 is 10.1 Å². The van der Waals surface area contributed by atoms with Gasteiger partial charge in [0.1, 0.15) is 5.69 Å². The molecule has 0 fully saturated rings. The molecule has 0 spiro atoms. The van der Waals surface area contributed by atoms with Crippen molar-refractivity contribution in [2.45, 2.75) is 26.3 Å². The fourth-order valence-electron chi connectivity index (χ4n) is 2.01. The first-order chi connectivity index (χ1) is 10.6. The van der Waals surface area contributed by atoms with Crippen LogP contribution in [-0.2, 0) is 13.0 Å². The molecule has 1 aromatic heterocycles. The van der Waals surface area contributed by atoms with Gasteiger partial charge in [-0.2, -0.15) is 9.49 Å². The number of aromatic nitrogens is 2. The summed E-state index contributed by atoms with van der Waals surface area (Å²) in [5.41, 5.74) is 1.11. The number of rotatable bonds is 6. The molecule has 0 atom stereocenters. The third kappa shape index (κ3) is 3.41. The van der Waals surface area contributed by atoms with E-state index >= 15 is 0 Å². The highest BCUT2D eigenvalue weighted by atomic mass is 19.2. The van der Waals surface area contributed by atoms with Crippen molar-refractivity contribution in [3.63, 3.8) is 0 Å². The number of nitrogens with one attached hydrogen (secondary N) is 2. The number of amides is 1. The van der Waals surface area contributed by atoms with Gasteiger partial charge in [-0.3, -0.25) is 9.89 Å². The molecule has 2 aromatic rings. The van der Waals surface area contributed by atoms with Gasteiger partial charge in [-0.25, -0.2) is 4.39 Å². The quantitative estimate of drug-likeness (QED) is 0.862. The van der Waals surface area contributed by atoms with Crippen LogP contribution in [0.25, 0.3) is 0 Å². The molecule has 0 bridgehead atoms. The average Bonchev–Trinajstić information content (AvgIpc) is 2.98. The number of H-pyrrole nitrogens is 1. The van der Waals surface area contributed by atoms with Crippen LogP contribution in [0, 0.1) is 11.6 Å². The van der Waals surface area contributed by atoms with E-state index in [9.17, 15) is 13.6 Å². The molecule has 0 aliphatic rings. The molecule has 2 rings (SSSR count). The molecule has 1 amide bonds. The number of benzene rings is 1. The summed E-state index contributed by atoms with van der Waals surface area (Å²) in [6, 6.07) is 4.32. The lowest BCUT2D eigenvalue weighted by atomic mass is 10.2. The summed E-state index contributed by atoms with van der Waals surface area (Å²) < 4.78 is 32.0. The topological polar surface area (TPSA) is 67.0 Å². The molecule has 5 nitrogen and oxygen atoms in total. The molecule has 0 saturated heterocycles. The maximum atomic E-state index is 13.8. The van der Waals surface area contributed by atoms with E-state index in [1.165, 1.54) is 19.2 Å². The first-order valence-electron chi connectivity index (χ1n) is 6.90. The average molecular weight is 309 g/mol. The Morgan fingerprint density at radius 1 is 1.36 bits per heavy atom. The molecule has 7 heteroatoms. The Kier molecular flexibility index (Phi) is 5.08. The van der Waals surface area contributed by atoms with E-state index in [0.29, 0.717) is 0 Å². The van der Waals surface area contributed by atoms with E-state index in [2.05, 4.69) is 20.3 Å². The van der Waals surface area contributed by atoms with Crippen LogP contribution in [0.2, 0.25) is 0 Å². The molecule has 0 aliphatic carbocycles. The van der Waals surface area contributed by atoms with Crippen LogP contribution >= 0.6 is 0 Å². The van der Waals surface area contributed by atoms with Crippen molar-refractivity contribution in [2.24, 2.45) is 0 Å². The molecule has 1 aromatic carbocycles. The Labute approximate surface area is 126 Å². The first-order valence-corrected chi connectivity index (χ1v) is 6.90. The maximum Gasteiger partial charge on any atom is 0.272 e. The Balaban J connectivity index is 2.03. The van der Waals surface area contributed by atoms with E-state index in [1.54, 1.807) is 6.07 Å². The lowest BCUT2D eigenvalue weighted by Crippen LogP contribution is -2.24. The minimum absolute atomic E-state index is 0.0379. The van der Waals surface area contributed by atoms with Gasteiger partial charge in [-0.1, -0.05) is 19.4 Å². The summed E-state index contributed by atoms with van der Waals surface area (Å²) in [7, 11) is 1.25. The zero-order valence-electron chi connectivity index (χ0n) is 12.4. The van der Waals surface area contributed by atoms with Gasteiger partial charge >= 0.3 is 0 Å². The zero-order chi connectivity index (χ0) is 16.1. The smallest absolute Gasteiger partial charge is 0.272 e. The number of carbonyl (C=O) groups is 1. The standard InChI is InChI=1S/C15H17F2N3O2/c1-3-4-10-7-11(20-19-10)15(21)18-8-9-5-6-12(22-2)14(17)13(9)16/h5-7H,3-4,8H2,1-2H3,(H,18,21)(H,19,20). The Morgan fingerprint density at radius 2 is 2.14 bits per heavy atom. The van der Waals surface area contributed by atoms with E-state index in [-0.39, 0.29) is 23.6 Å². The number of aryl methyl sites for hydroxylation is 1. The third-order valence-corrected chi connectivity index (χ3v) is 3.17. The predicted molar refractivity (Wildman–Crippen MR) is 76.7 cm³/mol. The van der Waals surface area contributed by atoms with Crippen LogP contribution in [0.5, 0.6) is 5.75 Å². The number of halogens is 2. The second kappa shape index (κ2) is 7.02. The first kappa shape index (κ1) is 15.9. The highest BCUT2D eigenvalue weighted by Crippen LogP contribution is 2.22. The molecular formula is C15H17F2N3O2. The molecule has 0 radical (unpaired) electrons. The van der Waals surface area contributed by atoms with Crippen molar-refractivity contribution >= 4 is 5.91 Å². The van der Waals surface area contributed by atoms with Crippen molar-refractivity contribution in [3.05, 3.63) is 46.8 Å². The minimum atomic E-state index is -1.07. The SMILES string of the molecule is CCCc1cc(C(=O)NCc2ccc(OC)c(F)c2F)n[nH]1. The second-order valence-corrected chi connectivity index (χ2v) is 4.77. The van der Waals surface area contributed by atoms with Gasteiger partial charge in [0.05, 0.1) is 7.11 Å². The molecule has 0 unspecified atom stereocenters. The number of ether oxygens (including phenoxy) is 1. The van der Waals surface area contributed by atoms with E-state index < -0.39 is 17.5 Å². The highest BCUT2D eigenvalue weighted by molar-refractivity contribution is 5.92. The van der Waals surface area contributed by atoms with Gasteiger partial charge < -0.3 is 10.1 Å². The van der Waals surface area contributed by atoms with Crippen LogP contribution in [0.1, 0.15) is 35.1 Å². The zero-order valence-corrected chi connectivity index (χ0v) is 12.4. The van der Waals surface area contributed by atoms with Gasteiger partial charge in [0, 0.05) is 17.8 Å². The molecular weight excluding hydrogens is 292 g/mol. The summed E-state index contributed by atoms with van der Waals surface area (Å²) in [6.07, 6.45) is 1.72. The number of hydrogen-bond donors (Lipinski definition) is 2. The number of nitrogens with zero attached hydrogens (tertiary/aromatic N) is 1. The normalized spacial score (nSPS) is 10.5. The summed E-state index contributed by atoms with van der Waals surface area (Å²) >= 11 is 0. The second-order valence-electron chi connectivity index (χ2n) is 4.77. The Hall–Kier alpha value is -2.44. The van der Waals surface area contributed by atoms with Gasteiger partial charge in [-0.15, -0.1) is 0 Å². The largest absolute Gasteiger partial charge is 0.494 e. The molecule has 22 heavy (non-hydrogen) atoms. The monoisotopic (exact) mass is 309 g/mol. The molecule has 118 valence electrons. The van der Waals surface area contributed by atoms with Crippen LogP contribution in [0.3, 0.4) is 0 Å². The molecule has 1 heterocycles. The summed E-state index contributed by atoms with van der Waals surface area (Å²) in [5.74, 6) is -2.73. The molecule has 0 aliphatic heterocycles. The van der Waals surface area contributed by atoms with Gasteiger partial charge in [-0.05, 0) is 18.6 Å². The number of methoxy groups -OCH3 is 1. The lowest BCUT2D eigenvalue weighted by molar-refractivity contribution is 0.0945. The number of aromatic amines is 1.